The summed E-state index contributed by atoms with van der Waals surface area (Å²) in [4.78, 5) is 27.1. The molecule has 1 aliphatic rings. The maximum absolute atomic E-state index is 13.8. The van der Waals surface area contributed by atoms with Crippen LogP contribution in [0.3, 0.4) is 0 Å². The van der Waals surface area contributed by atoms with Crippen LogP contribution in [0.2, 0.25) is 0 Å². The molecule has 0 radical (unpaired) electrons. The third-order valence-corrected chi connectivity index (χ3v) is 5.30. The van der Waals surface area contributed by atoms with Crippen LogP contribution < -0.4 is 10.2 Å². The monoisotopic (exact) mass is 453 g/mol. The summed E-state index contributed by atoms with van der Waals surface area (Å²) in [5, 5.41) is 2.58. The maximum Gasteiger partial charge on any atom is 0.418 e. The highest BCUT2D eigenvalue weighted by molar-refractivity contribution is 6.17. The van der Waals surface area contributed by atoms with Gasteiger partial charge in [0.05, 0.1) is 46.6 Å². The number of alkyl halides is 3. The van der Waals surface area contributed by atoms with Crippen molar-refractivity contribution in [2.75, 3.05) is 23.8 Å². The van der Waals surface area contributed by atoms with E-state index in [4.69, 9.17) is 0 Å². The highest BCUT2D eigenvalue weighted by Crippen LogP contribution is 2.43. The number of anilines is 2. The molecule has 2 aromatic carbocycles. The maximum atomic E-state index is 13.8. The number of rotatable bonds is 5. The molecule has 33 heavy (non-hydrogen) atoms. The first-order valence-electron chi connectivity index (χ1n) is 10.5. The summed E-state index contributed by atoms with van der Waals surface area (Å²) in [5.74, 6) is -0.430. The Morgan fingerprint density at radius 2 is 1.91 bits per heavy atom. The molecule has 1 aliphatic heterocycles. The van der Waals surface area contributed by atoms with Gasteiger partial charge in [0, 0.05) is 31.5 Å². The molecule has 0 bridgehead atoms. The van der Waals surface area contributed by atoms with E-state index in [-0.39, 0.29) is 23.5 Å². The fourth-order valence-corrected chi connectivity index (χ4v) is 3.77. The van der Waals surface area contributed by atoms with Gasteiger partial charge in [-0.15, -0.1) is 0 Å². The smallest absolute Gasteiger partial charge is 0.374 e. The van der Waals surface area contributed by atoms with Gasteiger partial charge >= 0.3 is 6.18 Å². The van der Waals surface area contributed by atoms with Crippen LogP contribution >= 0.6 is 0 Å². The summed E-state index contributed by atoms with van der Waals surface area (Å²) >= 11 is 0. The SMILES string of the molecule is CCCN(C)c1cc2c(cc1C(F)(F)F)NC(=O)CC(c1cccc(-c3cnccn3)c1)=N2. The summed E-state index contributed by atoms with van der Waals surface area (Å²) in [6.07, 6.45) is 0.838. The van der Waals surface area contributed by atoms with Crippen LogP contribution in [0, 0.1) is 0 Å². The lowest BCUT2D eigenvalue weighted by Crippen LogP contribution is -2.22. The van der Waals surface area contributed by atoms with Crippen molar-refractivity contribution in [2.45, 2.75) is 25.9 Å². The molecule has 0 fully saturated rings. The summed E-state index contributed by atoms with van der Waals surface area (Å²) in [6.45, 7) is 2.35. The van der Waals surface area contributed by atoms with Crippen molar-refractivity contribution in [1.29, 1.82) is 0 Å². The van der Waals surface area contributed by atoms with Crippen LogP contribution in [0.5, 0.6) is 0 Å². The van der Waals surface area contributed by atoms with E-state index in [1.54, 1.807) is 30.5 Å². The van der Waals surface area contributed by atoms with Gasteiger partial charge in [-0.3, -0.25) is 19.8 Å². The zero-order chi connectivity index (χ0) is 23.6. The molecule has 0 spiro atoms. The number of amides is 1. The van der Waals surface area contributed by atoms with Crippen LogP contribution in [0.1, 0.15) is 30.9 Å². The number of fused-ring (bicyclic) bond motifs is 1. The number of carbonyl (C=O) groups is 1. The second-order valence-corrected chi connectivity index (χ2v) is 7.76. The summed E-state index contributed by atoms with van der Waals surface area (Å²) in [7, 11) is 1.62. The van der Waals surface area contributed by atoms with Crippen molar-refractivity contribution in [3.8, 4) is 11.3 Å². The van der Waals surface area contributed by atoms with Gasteiger partial charge in [-0.2, -0.15) is 13.2 Å². The first kappa shape index (κ1) is 22.4. The van der Waals surface area contributed by atoms with Crippen LogP contribution in [-0.2, 0) is 11.0 Å². The number of carbonyl (C=O) groups excluding carboxylic acids is 1. The van der Waals surface area contributed by atoms with E-state index in [1.165, 1.54) is 6.07 Å². The first-order valence-corrected chi connectivity index (χ1v) is 10.5. The first-order chi connectivity index (χ1) is 15.8. The molecule has 6 nitrogen and oxygen atoms in total. The number of halogens is 3. The molecule has 0 saturated heterocycles. The Balaban J connectivity index is 1.83. The van der Waals surface area contributed by atoms with Gasteiger partial charge in [0.25, 0.3) is 0 Å². The molecule has 1 amide bonds. The number of hydrogen-bond acceptors (Lipinski definition) is 5. The van der Waals surface area contributed by atoms with Crippen LogP contribution in [0.4, 0.5) is 30.2 Å². The average molecular weight is 453 g/mol. The molecular weight excluding hydrogens is 431 g/mol. The van der Waals surface area contributed by atoms with E-state index in [1.807, 2.05) is 31.2 Å². The van der Waals surface area contributed by atoms with Crippen molar-refractivity contribution in [2.24, 2.45) is 4.99 Å². The highest BCUT2D eigenvalue weighted by atomic mass is 19.4. The molecule has 0 saturated carbocycles. The molecule has 9 heteroatoms. The lowest BCUT2D eigenvalue weighted by molar-refractivity contribution is -0.137. The zero-order valence-corrected chi connectivity index (χ0v) is 18.1. The number of nitrogens with one attached hydrogen (secondary N) is 1. The molecule has 0 unspecified atom stereocenters. The second-order valence-electron chi connectivity index (χ2n) is 7.76. The summed E-state index contributed by atoms with van der Waals surface area (Å²) in [5.41, 5.74) is 2.15. The quantitative estimate of drug-likeness (QED) is 0.556. The number of nitrogens with zero attached hydrogens (tertiary/aromatic N) is 4. The predicted molar refractivity (Wildman–Crippen MR) is 122 cm³/mol. The van der Waals surface area contributed by atoms with E-state index >= 15 is 0 Å². The molecule has 0 aliphatic carbocycles. The van der Waals surface area contributed by atoms with E-state index in [0.717, 1.165) is 11.6 Å². The van der Waals surface area contributed by atoms with Gasteiger partial charge in [-0.25, -0.2) is 0 Å². The van der Waals surface area contributed by atoms with E-state index in [0.29, 0.717) is 29.9 Å². The number of aromatic nitrogens is 2. The Bertz CT molecular complexity index is 1210. The summed E-state index contributed by atoms with van der Waals surface area (Å²) in [6, 6.07) is 9.70. The molecule has 1 aromatic heterocycles. The van der Waals surface area contributed by atoms with Crippen LogP contribution in [-0.4, -0.2) is 35.2 Å². The van der Waals surface area contributed by atoms with E-state index < -0.39 is 17.6 Å². The average Bonchev–Trinajstić information content (AvgIpc) is 2.96. The van der Waals surface area contributed by atoms with Gasteiger partial charge < -0.3 is 10.2 Å². The minimum absolute atomic E-state index is 0.0238. The second kappa shape index (κ2) is 9.01. The fraction of sp³-hybridized carbons (Fsp3) is 0.250. The minimum atomic E-state index is -4.57. The Hall–Kier alpha value is -3.75. The van der Waals surface area contributed by atoms with Crippen molar-refractivity contribution in [1.82, 2.24) is 9.97 Å². The fourth-order valence-electron chi connectivity index (χ4n) is 3.77. The van der Waals surface area contributed by atoms with Gasteiger partial charge in [0.2, 0.25) is 5.91 Å². The highest BCUT2D eigenvalue weighted by Gasteiger charge is 2.36. The van der Waals surface area contributed by atoms with Crippen LogP contribution in [0.15, 0.2) is 60.0 Å². The third-order valence-electron chi connectivity index (χ3n) is 5.30. The number of benzene rings is 2. The number of hydrogen-bond donors (Lipinski definition) is 1. The zero-order valence-electron chi connectivity index (χ0n) is 18.1. The normalized spacial score (nSPS) is 13.6. The topological polar surface area (TPSA) is 70.5 Å². The van der Waals surface area contributed by atoms with Gasteiger partial charge in [-0.05, 0) is 30.2 Å². The van der Waals surface area contributed by atoms with Crippen molar-refractivity contribution in [3.05, 3.63) is 66.1 Å². The van der Waals surface area contributed by atoms with E-state index in [9.17, 15) is 18.0 Å². The molecule has 1 N–H and O–H groups in total. The minimum Gasteiger partial charge on any atom is -0.374 e. The van der Waals surface area contributed by atoms with Gasteiger partial charge in [0.15, 0.2) is 0 Å². The standard InChI is InChI=1S/C24H22F3N5O/c1-3-9-32(2)22-12-20-19(11-17(22)24(25,26)27)31-23(33)13-18(30-20)15-5-4-6-16(10-15)21-14-28-7-8-29-21/h4-8,10-12,14H,3,9,13H2,1-2H3,(H,31,33). The molecule has 170 valence electrons. The summed E-state index contributed by atoms with van der Waals surface area (Å²) < 4.78 is 41.3. The van der Waals surface area contributed by atoms with Crippen molar-refractivity contribution in [3.63, 3.8) is 0 Å². The van der Waals surface area contributed by atoms with Gasteiger partial charge in [-0.1, -0.05) is 25.1 Å². The van der Waals surface area contributed by atoms with E-state index in [2.05, 4.69) is 20.3 Å². The number of aliphatic imine (C=N–C) groups is 1. The lowest BCUT2D eigenvalue weighted by Gasteiger charge is -2.24. The molecule has 3 aromatic rings. The molecule has 2 heterocycles. The van der Waals surface area contributed by atoms with Crippen LogP contribution in [0.25, 0.3) is 11.3 Å². The largest absolute Gasteiger partial charge is 0.418 e. The Labute approximate surface area is 189 Å². The Morgan fingerprint density at radius 1 is 1.12 bits per heavy atom. The molecule has 4 rings (SSSR count). The Kier molecular flexibility index (Phi) is 6.13. The van der Waals surface area contributed by atoms with Crippen molar-refractivity contribution >= 4 is 28.7 Å². The molecular formula is C24H22F3N5O. The lowest BCUT2D eigenvalue weighted by atomic mass is 10.0. The molecule has 0 atom stereocenters. The Morgan fingerprint density at radius 3 is 2.61 bits per heavy atom. The van der Waals surface area contributed by atoms with Crippen molar-refractivity contribution < 1.29 is 18.0 Å². The van der Waals surface area contributed by atoms with Gasteiger partial charge in [0.1, 0.15) is 0 Å². The predicted octanol–water partition coefficient (Wildman–Crippen LogP) is 5.47. The third kappa shape index (κ3) is 4.87.